The predicted molar refractivity (Wildman–Crippen MR) is 83.0 cm³/mol. The van der Waals surface area contributed by atoms with Crippen LogP contribution in [0.5, 0.6) is 5.75 Å². The second-order valence-corrected chi connectivity index (χ2v) is 5.80. The zero-order valence-electron chi connectivity index (χ0n) is 12.3. The van der Waals surface area contributed by atoms with Crippen LogP contribution >= 0.6 is 11.6 Å². The summed E-state index contributed by atoms with van der Waals surface area (Å²) in [5.41, 5.74) is 0.536. The maximum Gasteiger partial charge on any atom is 0.321 e. The summed E-state index contributed by atoms with van der Waals surface area (Å²) >= 11 is 6.03. The summed E-state index contributed by atoms with van der Waals surface area (Å²) in [4.78, 5) is 13.8. The minimum atomic E-state index is -0.305. The Morgan fingerprint density at radius 3 is 2.90 bits per heavy atom. The van der Waals surface area contributed by atoms with Gasteiger partial charge in [0.25, 0.3) is 0 Å². The summed E-state index contributed by atoms with van der Waals surface area (Å²) in [6, 6.07) is 4.95. The molecule has 0 saturated heterocycles. The highest BCUT2D eigenvalue weighted by atomic mass is 35.5. The molecule has 2 atom stereocenters. The molecule has 1 saturated carbocycles. The number of aliphatic hydroxyl groups is 1. The number of methoxy groups -OCH3 is 1. The number of urea groups is 1. The van der Waals surface area contributed by atoms with E-state index in [1.807, 2.05) is 0 Å². The standard InChI is InChI=1S/C15H21ClN2O3/c1-18(9-10-5-3-8-13(10)19)15(20)17-12-7-4-6-11(16)14(12)21-2/h4,6-7,10,13,19H,3,5,8-9H2,1-2H3,(H,17,20). The first kappa shape index (κ1) is 15.9. The third-order valence-corrected chi connectivity index (χ3v) is 4.18. The van der Waals surface area contributed by atoms with Crippen LogP contribution in [0.15, 0.2) is 18.2 Å². The molecule has 116 valence electrons. The third kappa shape index (κ3) is 3.80. The lowest BCUT2D eigenvalue weighted by molar-refractivity contribution is 0.116. The van der Waals surface area contributed by atoms with Crippen molar-refractivity contribution in [2.45, 2.75) is 25.4 Å². The molecule has 1 aromatic carbocycles. The summed E-state index contributed by atoms with van der Waals surface area (Å²) in [5.74, 6) is 0.601. The Balaban J connectivity index is 1.99. The van der Waals surface area contributed by atoms with Gasteiger partial charge in [-0.2, -0.15) is 0 Å². The summed E-state index contributed by atoms with van der Waals surface area (Å²) in [7, 11) is 3.23. The van der Waals surface area contributed by atoms with Crippen molar-refractivity contribution in [1.82, 2.24) is 4.90 Å². The number of nitrogens with zero attached hydrogens (tertiary/aromatic N) is 1. The van der Waals surface area contributed by atoms with E-state index in [0.717, 1.165) is 19.3 Å². The minimum absolute atomic E-state index is 0.155. The van der Waals surface area contributed by atoms with Gasteiger partial charge in [-0.15, -0.1) is 0 Å². The molecule has 2 amide bonds. The molecule has 2 N–H and O–H groups in total. The molecular weight excluding hydrogens is 292 g/mol. The largest absolute Gasteiger partial charge is 0.493 e. The van der Waals surface area contributed by atoms with Crippen LogP contribution in [0, 0.1) is 5.92 Å². The molecule has 1 aliphatic carbocycles. The lowest BCUT2D eigenvalue weighted by Gasteiger charge is -2.24. The molecule has 2 rings (SSSR count). The van der Waals surface area contributed by atoms with Crippen molar-refractivity contribution in [2.75, 3.05) is 26.0 Å². The number of anilines is 1. The first-order chi connectivity index (χ1) is 10.0. The van der Waals surface area contributed by atoms with E-state index in [1.54, 1.807) is 30.1 Å². The number of aliphatic hydroxyl groups excluding tert-OH is 1. The Bertz CT molecular complexity index is 510. The van der Waals surface area contributed by atoms with Gasteiger partial charge in [-0.05, 0) is 25.0 Å². The number of benzene rings is 1. The van der Waals surface area contributed by atoms with Crippen LogP contribution in [-0.4, -0.2) is 42.8 Å². The molecule has 0 heterocycles. The SMILES string of the molecule is COc1c(Cl)cccc1NC(=O)N(C)CC1CCCC1O. The van der Waals surface area contributed by atoms with Gasteiger partial charge in [0.15, 0.2) is 5.75 Å². The molecule has 1 aromatic rings. The summed E-state index contributed by atoms with van der Waals surface area (Å²) < 4.78 is 5.20. The Morgan fingerprint density at radius 2 is 2.29 bits per heavy atom. The molecule has 0 aliphatic heterocycles. The molecule has 0 aromatic heterocycles. The smallest absolute Gasteiger partial charge is 0.321 e. The van der Waals surface area contributed by atoms with E-state index in [1.165, 1.54) is 7.11 Å². The maximum absolute atomic E-state index is 12.2. The minimum Gasteiger partial charge on any atom is -0.493 e. The van der Waals surface area contributed by atoms with Gasteiger partial charge < -0.3 is 20.1 Å². The number of carbonyl (C=O) groups excluding carboxylic acids is 1. The van der Waals surface area contributed by atoms with E-state index in [2.05, 4.69) is 5.32 Å². The van der Waals surface area contributed by atoms with Gasteiger partial charge in [0.1, 0.15) is 0 Å². The Labute approximate surface area is 129 Å². The number of amides is 2. The van der Waals surface area contributed by atoms with Gasteiger partial charge >= 0.3 is 6.03 Å². The highest BCUT2D eigenvalue weighted by Crippen LogP contribution is 2.32. The van der Waals surface area contributed by atoms with E-state index in [0.29, 0.717) is 23.0 Å². The van der Waals surface area contributed by atoms with Crippen molar-refractivity contribution in [3.05, 3.63) is 23.2 Å². The molecule has 21 heavy (non-hydrogen) atoms. The maximum atomic E-state index is 12.2. The number of halogens is 1. The molecule has 5 nitrogen and oxygen atoms in total. The number of ether oxygens (including phenoxy) is 1. The van der Waals surface area contributed by atoms with Crippen molar-refractivity contribution in [3.8, 4) is 5.75 Å². The topological polar surface area (TPSA) is 61.8 Å². The van der Waals surface area contributed by atoms with E-state index in [4.69, 9.17) is 16.3 Å². The second-order valence-electron chi connectivity index (χ2n) is 5.39. The predicted octanol–water partition coefficient (Wildman–Crippen LogP) is 2.97. The van der Waals surface area contributed by atoms with E-state index < -0.39 is 0 Å². The van der Waals surface area contributed by atoms with Crippen LogP contribution in [0.1, 0.15) is 19.3 Å². The van der Waals surface area contributed by atoms with Gasteiger partial charge in [-0.3, -0.25) is 0 Å². The van der Waals surface area contributed by atoms with Gasteiger partial charge in [0, 0.05) is 19.5 Å². The lowest BCUT2D eigenvalue weighted by Crippen LogP contribution is -2.37. The molecule has 0 bridgehead atoms. The normalized spacial score (nSPS) is 21.1. The first-order valence-electron chi connectivity index (χ1n) is 7.05. The van der Waals surface area contributed by atoms with E-state index in [-0.39, 0.29) is 18.1 Å². The molecule has 1 aliphatic rings. The average molecular weight is 313 g/mol. The number of para-hydroxylation sites is 1. The zero-order chi connectivity index (χ0) is 15.4. The zero-order valence-corrected chi connectivity index (χ0v) is 13.1. The average Bonchev–Trinajstić information content (AvgIpc) is 2.84. The molecule has 2 unspecified atom stereocenters. The van der Waals surface area contributed by atoms with Crippen molar-refractivity contribution >= 4 is 23.3 Å². The van der Waals surface area contributed by atoms with Crippen LogP contribution in [0.2, 0.25) is 5.02 Å². The molecule has 0 spiro atoms. The Kier molecular flexibility index (Phi) is 5.31. The van der Waals surface area contributed by atoms with Crippen molar-refractivity contribution in [3.63, 3.8) is 0 Å². The fourth-order valence-electron chi connectivity index (χ4n) is 2.69. The monoisotopic (exact) mass is 312 g/mol. The van der Waals surface area contributed by atoms with Crippen LogP contribution in [0.25, 0.3) is 0 Å². The summed E-state index contributed by atoms with van der Waals surface area (Å²) in [6.07, 6.45) is 2.49. The Morgan fingerprint density at radius 1 is 1.52 bits per heavy atom. The molecule has 6 heteroatoms. The number of rotatable bonds is 4. The molecular formula is C15H21ClN2O3. The number of hydrogen-bond donors (Lipinski definition) is 2. The molecule has 0 radical (unpaired) electrons. The third-order valence-electron chi connectivity index (χ3n) is 3.89. The van der Waals surface area contributed by atoms with Gasteiger partial charge in [-0.25, -0.2) is 4.79 Å². The highest BCUT2D eigenvalue weighted by Gasteiger charge is 2.27. The summed E-state index contributed by atoms with van der Waals surface area (Å²) in [6.45, 7) is 0.538. The Hall–Kier alpha value is -1.46. The number of carbonyl (C=O) groups is 1. The van der Waals surface area contributed by atoms with Crippen molar-refractivity contribution in [1.29, 1.82) is 0 Å². The van der Waals surface area contributed by atoms with E-state index in [9.17, 15) is 9.90 Å². The number of nitrogens with one attached hydrogen (secondary N) is 1. The van der Waals surface area contributed by atoms with Crippen LogP contribution in [0.4, 0.5) is 10.5 Å². The van der Waals surface area contributed by atoms with Crippen LogP contribution < -0.4 is 10.1 Å². The van der Waals surface area contributed by atoms with Crippen molar-refractivity contribution < 1.29 is 14.6 Å². The van der Waals surface area contributed by atoms with Crippen LogP contribution in [-0.2, 0) is 0 Å². The van der Waals surface area contributed by atoms with Crippen LogP contribution in [0.3, 0.4) is 0 Å². The van der Waals surface area contributed by atoms with Gasteiger partial charge in [-0.1, -0.05) is 24.1 Å². The van der Waals surface area contributed by atoms with Gasteiger partial charge in [0.05, 0.1) is 23.9 Å². The van der Waals surface area contributed by atoms with E-state index >= 15 is 0 Å². The van der Waals surface area contributed by atoms with Gasteiger partial charge in [0.2, 0.25) is 0 Å². The second kappa shape index (κ2) is 7.00. The fourth-order valence-corrected chi connectivity index (χ4v) is 2.94. The first-order valence-corrected chi connectivity index (χ1v) is 7.43. The lowest BCUT2D eigenvalue weighted by atomic mass is 10.1. The molecule has 1 fully saturated rings. The fraction of sp³-hybridized carbons (Fsp3) is 0.533. The van der Waals surface area contributed by atoms with Crippen molar-refractivity contribution in [2.24, 2.45) is 5.92 Å². The highest BCUT2D eigenvalue weighted by molar-refractivity contribution is 6.32. The quantitative estimate of drug-likeness (QED) is 0.898. The summed E-state index contributed by atoms with van der Waals surface area (Å²) in [5, 5.41) is 13.1. The number of hydrogen-bond acceptors (Lipinski definition) is 3.